The van der Waals surface area contributed by atoms with E-state index in [0.717, 1.165) is 12.0 Å². The van der Waals surface area contributed by atoms with Crippen LogP contribution in [0.2, 0.25) is 0 Å². The number of halogens is 1. The monoisotopic (exact) mass is 312 g/mol. The predicted molar refractivity (Wildman–Crippen MR) is 85.5 cm³/mol. The maximum atomic E-state index is 13.1. The molecule has 0 saturated heterocycles. The summed E-state index contributed by atoms with van der Waals surface area (Å²) in [5.74, 6) is -1.11. The molecule has 4 nitrogen and oxygen atoms in total. The molecule has 0 bridgehead atoms. The lowest BCUT2D eigenvalue weighted by molar-refractivity contribution is -0.124. The van der Waals surface area contributed by atoms with Crippen molar-refractivity contribution in [3.8, 4) is 0 Å². The molecular formula is C18H17FN2O2. The third-order valence-electron chi connectivity index (χ3n) is 4.48. The fourth-order valence-corrected chi connectivity index (χ4v) is 3.00. The Morgan fingerprint density at radius 1 is 1.04 bits per heavy atom. The molecular weight excluding hydrogens is 295 g/mol. The molecule has 2 amide bonds. The van der Waals surface area contributed by atoms with Crippen molar-refractivity contribution in [2.75, 3.05) is 5.32 Å². The molecule has 2 aromatic carbocycles. The summed E-state index contributed by atoms with van der Waals surface area (Å²) in [5.41, 5.74) is 6.14. The van der Waals surface area contributed by atoms with Crippen molar-refractivity contribution in [2.24, 2.45) is 5.73 Å². The molecule has 1 saturated carbocycles. The van der Waals surface area contributed by atoms with Gasteiger partial charge in [0, 0.05) is 0 Å². The molecule has 5 heteroatoms. The average Bonchev–Trinajstić information content (AvgIpc) is 2.48. The Balaban J connectivity index is 1.90. The number of para-hydroxylation sites is 1. The summed E-state index contributed by atoms with van der Waals surface area (Å²) in [4.78, 5) is 24.3. The SMILES string of the molecule is NC(=O)c1ccccc1NC(=O)C1(c2ccc(F)cc2)CCC1. The minimum atomic E-state index is -0.668. The molecule has 23 heavy (non-hydrogen) atoms. The zero-order valence-electron chi connectivity index (χ0n) is 12.5. The van der Waals surface area contributed by atoms with Crippen molar-refractivity contribution in [2.45, 2.75) is 24.7 Å². The van der Waals surface area contributed by atoms with E-state index < -0.39 is 11.3 Å². The molecule has 0 radical (unpaired) electrons. The topological polar surface area (TPSA) is 72.2 Å². The minimum Gasteiger partial charge on any atom is -0.366 e. The molecule has 1 aliphatic rings. The van der Waals surface area contributed by atoms with Gasteiger partial charge in [-0.2, -0.15) is 0 Å². The van der Waals surface area contributed by atoms with Crippen molar-refractivity contribution >= 4 is 17.5 Å². The normalized spacial score (nSPS) is 15.5. The highest BCUT2D eigenvalue weighted by atomic mass is 19.1. The van der Waals surface area contributed by atoms with Gasteiger partial charge in [-0.1, -0.05) is 30.7 Å². The van der Waals surface area contributed by atoms with E-state index in [9.17, 15) is 14.0 Å². The highest BCUT2D eigenvalue weighted by Gasteiger charge is 2.45. The largest absolute Gasteiger partial charge is 0.366 e. The standard InChI is InChI=1S/C18H17FN2O2/c19-13-8-6-12(7-9-13)18(10-3-11-18)17(23)21-15-5-2-1-4-14(15)16(20)22/h1-2,4-9H,3,10-11H2,(H2,20,22)(H,21,23). The summed E-state index contributed by atoms with van der Waals surface area (Å²) in [6.07, 6.45) is 2.33. The molecule has 0 aliphatic heterocycles. The second-order valence-electron chi connectivity index (χ2n) is 5.81. The molecule has 0 heterocycles. The van der Waals surface area contributed by atoms with Crippen molar-refractivity contribution in [3.63, 3.8) is 0 Å². The van der Waals surface area contributed by atoms with Crippen LogP contribution in [0.1, 0.15) is 35.2 Å². The molecule has 3 N–H and O–H groups in total. The Hall–Kier alpha value is -2.69. The first-order valence-electron chi connectivity index (χ1n) is 7.49. The van der Waals surface area contributed by atoms with E-state index in [2.05, 4.69) is 5.32 Å². The minimum absolute atomic E-state index is 0.191. The van der Waals surface area contributed by atoms with Crippen LogP contribution in [0.4, 0.5) is 10.1 Å². The Morgan fingerprint density at radius 3 is 2.26 bits per heavy atom. The zero-order valence-corrected chi connectivity index (χ0v) is 12.5. The number of hydrogen-bond acceptors (Lipinski definition) is 2. The van der Waals surface area contributed by atoms with E-state index in [4.69, 9.17) is 5.73 Å². The number of benzene rings is 2. The smallest absolute Gasteiger partial charge is 0.250 e. The number of rotatable bonds is 4. The molecule has 0 unspecified atom stereocenters. The predicted octanol–water partition coefficient (Wildman–Crippen LogP) is 2.99. The third-order valence-corrected chi connectivity index (χ3v) is 4.48. The van der Waals surface area contributed by atoms with E-state index in [1.165, 1.54) is 12.1 Å². The summed E-state index contributed by atoms with van der Waals surface area (Å²) in [6, 6.07) is 12.7. The van der Waals surface area contributed by atoms with Gasteiger partial charge < -0.3 is 11.1 Å². The van der Waals surface area contributed by atoms with Gasteiger partial charge in [-0.3, -0.25) is 9.59 Å². The zero-order chi connectivity index (χ0) is 16.4. The molecule has 1 fully saturated rings. The fraction of sp³-hybridized carbons (Fsp3) is 0.222. The van der Waals surface area contributed by atoms with E-state index in [1.54, 1.807) is 36.4 Å². The van der Waals surface area contributed by atoms with Crippen molar-refractivity contribution in [1.82, 2.24) is 0 Å². The van der Waals surface area contributed by atoms with E-state index in [-0.39, 0.29) is 17.3 Å². The molecule has 118 valence electrons. The first-order chi connectivity index (χ1) is 11.0. The molecule has 0 atom stereocenters. The van der Waals surface area contributed by atoms with Crippen LogP contribution in [-0.2, 0) is 10.2 Å². The summed E-state index contributed by atoms with van der Waals surface area (Å²) < 4.78 is 13.1. The quantitative estimate of drug-likeness (QED) is 0.911. The fourth-order valence-electron chi connectivity index (χ4n) is 3.00. The van der Waals surface area contributed by atoms with Crippen LogP contribution in [-0.4, -0.2) is 11.8 Å². The van der Waals surface area contributed by atoms with Crippen LogP contribution < -0.4 is 11.1 Å². The van der Waals surface area contributed by atoms with Crippen LogP contribution in [0.5, 0.6) is 0 Å². The summed E-state index contributed by atoms with van der Waals surface area (Å²) in [6.45, 7) is 0. The number of carbonyl (C=O) groups is 2. The number of nitrogens with one attached hydrogen (secondary N) is 1. The van der Waals surface area contributed by atoms with Crippen LogP contribution in [0.3, 0.4) is 0 Å². The van der Waals surface area contributed by atoms with E-state index in [1.807, 2.05) is 0 Å². The highest BCUT2D eigenvalue weighted by molar-refractivity contribution is 6.06. The first kappa shape index (κ1) is 15.2. The summed E-state index contributed by atoms with van der Waals surface area (Å²) in [5, 5.41) is 2.81. The van der Waals surface area contributed by atoms with Crippen molar-refractivity contribution < 1.29 is 14.0 Å². The van der Waals surface area contributed by atoms with Gasteiger partial charge in [0.2, 0.25) is 5.91 Å². The van der Waals surface area contributed by atoms with Gasteiger partial charge in [-0.15, -0.1) is 0 Å². The highest BCUT2D eigenvalue weighted by Crippen LogP contribution is 2.44. The lowest BCUT2D eigenvalue weighted by Crippen LogP contribution is -2.46. The molecule has 0 spiro atoms. The van der Waals surface area contributed by atoms with Crippen molar-refractivity contribution in [3.05, 3.63) is 65.5 Å². The van der Waals surface area contributed by atoms with Crippen molar-refractivity contribution in [1.29, 1.82) is 0 Å². The van der Waals surface area contributed by atoms with E-state index >= 15 is 0 Å². The van der Waals surface area contributed by atoms with Crippen LogP contribution in [0.15, 0.2) is 48.5 Å². The number of nitrogens with two attached hydrogens (primary N) is 1. The van der Waals surface area contributed by atoms with Gasteiger partial charge in [-0.05, 0) is 42.7 Å². The van der Waals surface area contributed by atoms with Crippen LogP contribution >= 0.6 is 0 Å². The third kappa shape index (κ3) is 2.70. The van der Waals surface area contributed by atoms with Gasteiger partial charge in [0.1, 0.15) is 5.82 Å². The Kier molecular flexibility index (Phi) is 3.86. The Labute approximate surface area is 133 Å². The second kappa shape index (κ2) is 5.83. The lowest BCUT2D eigenvalue weighted by atomic mass is 9.63. The molecule has 3 rings (SSSR count). The maximum absolute atomic E-state index is 13.1. The number of anilines is 1. The van der Waals surface area contributed by atoms with E-state index in [0.29, 0.717) is 18.5 Å². The van der Waals surface area contributed by atoms with Gasteiger partial charge in [-0.25, -0.2) is 4.39 Å². The second-order valence-corrected chi connectivity index (χ2v) is 5.81. The van der Waals surface area contributed by atoms with Gasteiger partial charge in [0.25, 0.3) is 5.91 Å². The van der Waals surface area contributed by atoms with Crippen LogP contribution in [0.25, 0.3) is 0 Å². The van der Waals surface area contributed by atoms with Crippen LogP contribution in [0, 0.1) is 5.82 Å². The number of amides is 2. The lowest BCUT2D eigenvalue weighted by Gasteiger charge is -2.40. The number of primary amides is 1. The molecule has 2 aromatic rings. The Bertz CT molecular complexity index is 752. The molecule has 1 aliphatic carbocycles. The van der Waals surface area contributed by atoms with Gasteiger partial charge in [0.05, 0.1) is 16.7 Å². The average molecular weight is 312 g/mol. The van der Waals surface area contributed by atoms with Gasteiger partial charge in [0.15, 0.2) is 0 Å². The summed E-state index contributed by atoms with van der Waals surface area (Å²) >= 11 is 0. The number of carbonyl (C=O) groups excluding carboxylic acids is 2. The molecule has 0 aromatic heterocycles. The maximum Gasteiger partial charge on any atom is 0.250 e. The van der Waals surface area contributed by atoms with Gasteiger partial charge >= 0.3 is 0 Å². The number of hydrogen-bond donors (Lipinski definition) is 2. The Morgan fingerprint density at radius 2 is 1.70 bits per heavy atom. The summed E-state index contributed by atoms with van der Waals surface area (Å²) in [7, 11) is 0. The first-order valence-corrected chi connectivity index (χ1v) is 7.49.